The van der Waals surface area contributed by atoms with E-state index in [2.05, 4.69) is 25.8 Å². The molecular weight excluding hydrogens is 457 g/mol. The lowest BCUT2D eigenvalue weighted by Gasteiger charge is -2.34. The molecule has 0 saturated carbocycles. The normalized spacial score (nSPS) is 17.0. The Balaban J connectivity index is 0.00000364. The van der Waals surface area contributed by atoms with Crippen molar-refractivity contribution in [1.29, 1.82) is 0 Å². The third-order valence-electron chi connectivity index (χ3n) is 4.93. The lowest BCUT2D eigenvalue weighted by Crippen LogP contribution is -2.49. The maximum atomic E-state index is 11.9. The van der Waals surface area contributed by atoms with Crippen LogP contribution in [0, 0.1) is 5.41 Å². The summed E-state index contributed by atoms with van der Waals surface area (Å²) >= 11 is 0. The number of hydrogen-bond acceptors (Lipinski definition) is 4. The van der Waals surface area contributed by atoms with E-state index < -0.39 is 5.41 Å². The molecule has 1 amide bonds. The zero-order valence-corrected chi connectivity index (χ0v) is 19.2. The Kier molecular flexibility index (Phi) is 10.1. The minimum Gasteiger partial charge on any atom is -0.468 e. The topological polar surface area (TPSA) is 81.9 Å². The van der Waals surface area contributed by atoms with Crippen molar-refractivity contribution in [1.82, 2.24) is 20.9 Å². The highest BCUT2D eigenvalue weighted by atomic mass is 127. The van der Waals surface area contributed by atoms with Crippen LogP contribution in [0.5, 0.6) is 0 Å². The lowest BCUT2D eigenvalue weighted by molar-refractivity contribution is -0.128. The average molecular weight is 491 g/mol. The van der Waals surface area contributed by atoms with Crippen LogP contribution in [0.3, 0.4) is 0 Å². The van der Waals surface area contributed by atoms with E-state index >= 15 is 0 Å². The van der Waals surface area contributed by atoms with Gasteiger partial charge in [0.2, 0.25) is 5.91 Å². The quantitative estimate of drug-likeness (QED) is 0.310. The summed E-state index contributed by atoms with van der Waals surface area (Å²) in [6, 6.07) is 4.15. The first kappa shape index (κ1) is 23.7. The van der Waals surface area contributed by atoms with E-state index in [0.717, 1.165) is 18.8 Å². The summed E-state index contributed by atoms with van der Waals surface area (Å²) in [6.07, 6.45) is 5.48. The summed E-state index contributed by atoms with van der Waals surface area (Å²) in [5, 5.41) is 9.35. The summed E-state index contributed by atoms with van der Waals surface area (Å²) in [6.45, 7) is 7.19. The fraction of sp³-hybridized carbons (Fsp3) is 0.684. The Bertz CT molecular complexity index is 583. The van der Waals surface area contributed by atoms with Crippen molar-refractivity contribution in [2.75, 3.05) is 40.3 Å². The minimum absolute atomic E-state index is 0. The first-order valence-corrected chi connectivity index (χ1v) is 9.42. The van der Waals surface area contributed by atoms with E-state index in [1.165, 1.54) is 19.3 Å². The third-order valence-corrected chi connectivity index (χ3v) is 4.93. The maximum Gasteiger partial charge on any atom is 0.227 e. The monoisotopic (exact) mass is 491 g/mol. The van der Waals surface area contributed by atoms with Gasteiger partial charge in [-0.05, 0) is 51.9 Å². The molecule has 1 atom stereocenters. The molecular formula is C19H34IN5O2. The number of piperidine rings is 1. The van der Waals surface area contributed by atoms with Crippen LogP contribution in [0.2, 0.25) is 0 Å². The van der Waals surface area contributed by atoms with Crippen LogP contribution in [0.25, 0.3) is 0 Å². The van der Waals surface area contributed by atoms with Gasteiger partial charge in [-0.3, -0.25) is 14.7 Å². The molecule has 0 spiro atoms. The molecule has 7 nitrogen and oxygen atoms in total. The molecule has 0 aromatic carbocycles. The number of carbonyl (C=O) groups excluding carboxylic acids is 1. The van der Waals surface area contributed by atoms with Crippen molar-refractivity contribution in [2.45, 2.75) is 39.2 Å². The van der Waals surface area contributed by atoms with Crippen molar-refractivity contribution < 1.29 is 9.21 Å². The van der Waals surface area contributed by atoms with Crippen LogP contribution in [0.4, 0.5) is 0 Å². The zero-order valence-electron chi connectivity index (χ0n) is 16.9. The highest BCUT2D eigenvalue weighted by Crippen LogP contribution is 2.24. The molecule has 1 fully saturated rings. The molecule has 0 radical (unpaired) electrons. The van der Waals surface area contributed by atoms with E-state index in [9.17, 15) is 4.79 Å². The number of nitrogens with one attached hydrogen (secondary N) is 3. The summed E-state index contributed by atoms with van der Waals surface area (Å²) in [4.78, 5) is 18.7. The van der Waals surface area contributed by atoms with Gasteiger partial charge in [0.15, 0.2) is 5.96 Å². The highest BCUT2D eigenvalue weighted by molar-refractivity contribution is 14.0. The van der Waals surface area contributed by atoms with Gasteiger partial charge in [-0.2, -0.15) is 0 Å². The number of likely N-dealkylation sites (tertiary alicyclic amines) is 1. The second-order valence-electron chi connectivity index (χ2n) is 7.40. The van der Waals surface area contributed by atoms with Crippen molar-refractivity contribution in [3.63, 3.8) is 0 Å². The van der Waals surface area contributed by atoms with E-state index in [1.807, 2.05) is 26.0 Å². The van der Waals surface area contributed by atoms with Crippen molar-refractivity contribution in [2.24, 2.45) is 10.4 Å². The predicted octanol–water partition coefficient (Wildman–Crippen LogP) is 2.36. The number of halogens is 1. The van der Waals surface area contributed by atoms with Gasteiger partial charge in [0.05, 0.1) is 17.7 Å². The Labute approximate surface area is 179 Å². The molecule has 8 heteroatoms. The fourth-order valence-electron chi connectivity index (χ4n) is 3.26. The van der Waals surface area contributed by atoms with Gasteiger partial charge in [0.1, 0.15) is 5.76 Å². The second-order valence-corrected chi connectivity index (χ2v) is 7.40. The smallest absolute Gasteiger partial charge is 0.227 e. The Morgan fingerprint density at radius 3 is 2.56 bits per heavy atom. The Hall–Kier alpha value is -1.29. The van der Waals surface area contributed by atoms with Crippen LogP contribution in [0.15, 0.2) is 27.8 Å². The number of aliphatic imine (C=N–C) groups is 1. The molecule has 1 saturated heterocycles. The summed E-state index contributed by atoms with van der Waals surface area (Å²) < 4.78 is 5.68. The number of nitrogens with zero attached hydrogens (tertiary/aromatic N) is 2. The van der Waals surface area contributed by atoms with Crippen LogP contribution in [-0.4, -0.2) is 57.0 Å². The summed E-state index contributed by atoms with van der Waals surface area (Å²) in [5.41, 5.74) is -0.514. The molecule has 1 aromatic heterocycles. The van der Waals surface area contributed by atoms with Crippen LogP contribution in [0.1, 0.15) is 44.9 Å². The SMILES string of the molecule is CN=C(NCC(c1ccco1)N1CCCCC1)NCC(C)(C)C(=O)NC.I. The number of carbonyl (C=O) groups is 1. The summed E-state index contributed by atoms with van der Waals surface area (Å²) in [7, 11) is 3.40. The van der Waals surface area contributed by atoms with Crippen molar-refractivity contribution in [3.05, 3.63) is 24.2 Å². The first-order chi connectivity index (χ1) is 12.5. The van der Waals surface area contributed by atoms with Gasteiger partial charge in [0, 0.05) is 27.2 Å². The van der Waals surface area contributed by atoms with Crippen LogP contribution < -0.4 is 16.0 Å². The Morgan fingerprint density at radius 2 is 2.00 bits per heavy atom. The molecule has 2 heterocycles. The van der Waals surface area contributed by atoms with Crippen LogP contribution in [-0.2, 0) is 4.79 Å². The van der Waals surface area contributed by atoms with Crippen molar-refractivity contribution >= 4 is 35.8 Å². The second kappa shape index (κ2) is 11.5. The zero-order chi connectivity index (χ0) is 19.0. The number of hydrogen-bond donors (Lipinski definition) is 3. The molecule has 1 aromatic rings. The standard InChI is InChI=1S/C19H33N5O2.HI/c1-19(2,17(25)20-3)14-23-18(21-4)22-13-15(16-9-8-12-26-16)24-10-6-5-7-11-24;/h8-9,12,15H,5-7,10-11,13-14H2,1-4H3,(H,20,25)(H2,21,22,23);1H. The highest BCUT2D eigenvalue weighted by Gasteiger charge is 2.27. The summed E-state index contributed by atoms with van der Waals surface area (Å²) in [5.74, 6) is 1.67. The molecule has 154 valence electrons. The minimum atomic E-state index is -0.514. The van der Waals surface area contributed by atoms with Gasteiger partial charge >= 0.3 is 0 Å². The molecule has 3 N–H and O–H groups in total. The van der Waals surface area contributed by atoms with E-state index in [1.54, 1.807) is 20.4 Å². The fourth-order valence-corrected chi connectivity index (χ4v) is 3.26. The van der Waals surface area contributed by atoms with E-state index in [4.69, 9.17) is 4.42 Å². The number of rotatable bonds is 7. The molecule has 0 aliphatic carbocycles. The maximum absolute atomic E-state index is 11.9. The largest absolute Gasteiger partial charge is 0.468 e. The van der Waals surface area contributed by atoms with Gasteiger partial charge in [0.25, 0.3) is 0 Å². The van der Waals surface area contributed by atoms with E-state index in [0.29, 0.717) is 19.0 Å². The first-order valence-electron chi connectivity index (χ1n) is 9.42. The molecule has 1 aliphatic rings. The average Bonchev–Trinajstić information content (AvgIpc) is 3.19. The Morgan fingerprint density at radius 1 is 1.30 bits per heavy atom. The molecule has 2 rings (SSSR count). The van der Waals surface area contributed by atoms with Gasteiger partial charge in [-0.15, -0.1) is 24.0 Å². The van der Waals surface area contributed by atoms with Gasteiger partial charge in [-0.1, -0.05) is 6.42 Å². The van der Waals surface area contributed by atoms with Gasteiger partial charge < -0.3 is 20.4 Å². The van der Waals surface area contributed by atoms with Crippen molar-refractivity contribution in [3.8, 4) is 0 Å². The van der Waals surface area contributed by atoms with E-state index in [-0.39, 0.29) is 35.9 Å². The van der Waals surface area contributed by atoms with Crippen LogP contribution >= 0.6 is 24.0 Å². The number of furan rings is 1. The number of guanidine groups is 1. The molecule has 0 bridgehead atoms. The third kappa shape index (κ3) is 6.99. The lowest BCUT2D eigenvalue weighted by atomic mass is 9.92. The number of amides is 1. The predicted molar refractivity (Wildman–Crippen MR) is 120 cm³/mol. The molecule has 1 unspecified atom stereocenters. The molecule has 1 aliphatic heterocycles. The van der Waals surface area contributed by atoms with Gasteiger partial charge in [-0.25, -0.2) is 0 Å². The molecule has 27 heavy (non-hydrogen) atoms.